The van der Waals surface area contributed by atoms with Crippen LogP contribution < -0.4 is 10.6 Å². The molecule has 5 aliphatic rings. The molecule has 1 heterocycles. The summed E-state index contributed by atoms with van der Waals surface area (Å²) in [5.74, 6) is 0.580. The molecular weight excluding hydrogens is 438 g/mol. The standard InChI is InChI=1S/C25H29N3O4S/c1-16(29)27-25-13-18-9-19(14-25)12-24(11-18,15-25)22(31)26-7-8-28-21(30)20(33-23(28)32)10-17-5-3-2-4-6-17/h2-6,10,18-19H,7-9,11-15H2,1H3,(H,26,31)(H,27,29)/b20-10-/t18-,19-,24?,25?/m1/s1. The molecule has 174 valence electrons. The van der Waals surface area contributed by atoms with Gasteiger partial charge in [-0.3, -0.25) is 24.1 Å². The summed E-state index contributed by atoms with van der Waals surface area (Å²) in [6.45, 7) is 1.94. The molecule has 8 heteroatoms. The molecule has 1 aromatic rings. The fourth-order valence-electron chi connectivity index (χ4n) is 6.91. The molecule has 0 spiro atoms. The van der Waals surface area contributed by atoms with Crippen molar-refractivity contribution in [1.29, 1.82) is 0 Å². The van der Waals surface area contributed by atoms with Crippen LogP contribution in [0.3, 0.4) is 0 Å². The Hall–Kier alpha value is -2.61. The molecule has 33 heavy (non-hydrogen) atoms. The van der Waals surface area contributed by atoms with Gasteiger partial charge in [-0.15, -0.1) is 0 Å². The quantitative estimate of drug-likeness (QED) is 0.626. The predicted molar refractivity (Wildman–Crippen MR) is 126 cm³/mol. The van der Waals surface area contributed by atoms with Gasteiger partial charge in [0.1, 0.15) is 0 Å². The number of rotatable bonds is 6. The Morgan fingerprint density at radius 2 is 1.82 bits per heavy atom. The maximum Gasteiger partial charge on any atom is 0.293 e. The number of amides is 4. The monoisotopic (exact) mass is 467 g/mol. The van der Waals surface area contributed by atoms with E-state index < -0.39 is 5.41 Å². The van der Waals surface area contributed by atoms with Crippen molar-refractivity contribution in [3.05, 3.63) is 40.8 Å². The first-order chi connectivity index (χ1) is 15.8. The number of nitrogens with zero attached hydrogens (tertiary/aromatic N) is 1. The van der Waals surface area contributed by atoms with Crippen molar-refractivity contribution in [3.63, 3.8) is 0 Å². The lowest BCUT2D eigenvalue weighted by atomic mass is 9.46. The predicted octanol–water partition coefficient (Wildman–Crippen LogP) is 3.31. The fraction of sp³-hybridized carbons (Fsp3) is 0.520. The van der Waals surface area contributed by atoms with E-state index in [-0.39, 0.29) is 41.6 Å². The Kier molecular flexibility index (Phi) is 5.59. The lowest BCUT2D eigenvalue weighted by molar-refractivity contribution is -0.153. The van der Waals surface area contributed by atoms with Gasteiger partial charge in [-0.05, 0) is 73.8 Å². The first-order valence-corrected chi connectivity index (χ1v) is 12.5. The highest BCUT2D eigenvalue weighted by molar-refractivity contribution is 8.18. The molecule has 5 fully saturated rings. The van der Waals surface area contributed by atoms with Crippen LogP contribution in [0.5, 0.6) is 0 Å². The van der Waals surface area contributed by atoms with Crippen molar-refractivity contribution >= 4 is 40.8 Å². The molecule has 2 N–H and O–H groups in total. The van der Waals surface area contributed by atoms with E-state index >= 15 is 0 Å². The Morgan fingerprint density at radius 1 is 1.12 bits per heavy atom. The summed E-state index contributed by atoms with van der Waals surface area (Å²) in [6, 6.07) is 9.42. The molecular formula is C25H29N3O4S. The van der Waals surface area contributed by atoms with Crippen LogP contribution in [0.1, 0.15) is 51.0 Å². The zero-order valence-corrected chi connectivity index (χ0v) is 19.6. The largest absolute Gasteiger partial charge is 0.354 e. The average Bonchev–Trinajstić information content (AvgIpc) is 2.99. The van der Waals surface area contributed by atoms with Gasteiger partial charge in [0.05, 0.1) is 10.3 Å². The van der Waals surface area contributed by atoms with E-state index in [0.29, 0.717) is 23.2 Å². The van der Waals surface area contributed by atoms with E-state index in [4.69, 9.17) is 0 Å². The van der Waals surface area contributed by atoms with E-state index in [2.05, 4.69) is 10.6 Å². The highest BCUT2D eigenvalue weighted by atomic mass is 32.2. The van der Waals surface area contributed by atoms with Crippen LogP contribution in [0.4, 0.5) is 4.79 Å². The molecule has 7 nitrogen and oxygen atoms in total. The van der Waals surface area contributed by atoms with Crippen molar-refractivity contribution < 1.29 is 19.2 Å². The summed E-state index contributed by atoms with van der Waals surface area (Å²) in [4.78, 5) is 51.9. The first kappa shape index (κ1) is 22.2. The summed E-state index contributed by atoms with van der Waals surface area (Å²) < 4.78 is 0. The van der Waals surface area contributed by atoms with Crippen molar-refractivity contribution in [2.45, 2.75) is 51.0 Å². The maximum absolute atomic E-state index is 13.3. The highest BCUT2D eigenvalue weighted by Gasteiger charge is 2.60. The highest BCUT2D eigenvalue weighted by Crippen LogP contribution is 2.61. The minimum absolute atomic E-state index is 0.00174. The molecule has 1 saturated heterocycles. The zero-order chi connectivity index (χ0) is 23.2. The number of hydrogen-bond donors (Lipinski definition) is 2. The van der Waals surface area contributed by atoms with E-state index in [1.807, 2.05) is 30.3 Å². The summed E-state index contributed by atoms with van der Waals surface area (Å²) >= 11 is 0.934. The average molecular weight is 468 g/mol. The molecule has 0 radical (unpaired) electrons. The van der Waals surface area contributed by atoms with Gasteiger partial charge in [-0.25, -0.2) is 0 Å². The maximum atomic E-state index is 13.3. The zero-order valence-electron chi connectivity index (χ0n) is 18.8. The van der Waals surface area contributed by atoms with Crippen LogP contribution in [-0.2, 0) is 14.4 Å². The lowest BCUT2D eigenvalue weighted by Crippen LogP contribution is -2.65. The summed E-state index contributed by atoms with van der Waals surface area (Å²) in [5.41, 5.74) is 0.145. The smallest absolute Gasteiger partial charge is 0.293 e. The van der Waals surface area contributed by atoms with Crippen LogP contribution in [0.15, 0.2) is 35.2 Å². The summed E-state index contributed by atoms with van der Waals surface area (Å²) in [5, 5.41) is 5.89. The first-order valence-electron chi connectivity index (χ1n) is 11.7. The molecule has 1 aliphatic heterocycles. The molecule has 4 saturated carbocycles. The molecule has 0 unspecified atom stereocenters. The van der Waals surface area contributed by atoms with Crippen LogP contribution in [0.2, 0.25) is 0 Å². The molecule has 0 aromatic heterocycles. The second-order valence-corrected chi connectivity index (χ2v) is 11.2. The van der Waals surface area contributed by atoms with Crippen LogP contribution in [0, 0.1) is 17.3 Å². The molecule has 4 bridgehead atoms. The number of carbonyl (C=O) groups excluding carboxylic acids is 4. The van der Waals surface area contributed by atoms with Crippen molar-refractivity contribution in [3.8, 4) is 0 Å². The number of nitrogens with one attached hydrogen (secondary N) is 2. The Bertz CT molecular complexity index is 1020. The van der Waals surface area contributed by atoms with Gasteiger partial charge in [0, 0.05) is 25.6 Å². The lowest BCUT2D eigenvalue weighted by Gasteiger charge is -2.61. The third-order valence-corrected chi connectivity index (χ3v) is 8.48. The van der Waals surface area contributed by atoms with Gasteiger partial charge in [0.15, 0.2) is 0 Å². The van der Waals surface area contributed by atoms with Crippen LogP contribution >= 0.6 is 11.8 Å². The Balaban J connectivity index is 1.21. The van der Waals surface area contributed by atoms with Crippen LogP contribution in [0.25, 0.3) is 6.08 Å². The summed E-state index contributed by atoms with van der Waals surface area (Å²) in [7, 11) is 0. The van der Waals surface area contributed by atoms with E-state index in [1.54, 1.807) is 13.0 Å². The molecule has 6 rings (SSSR count). The van der Waals surface area contributed by atoms with E-state index in [9.17, 15) is 19.2 Å². The van der Waals surface area contributed by atoms with Gasteiger partial charge >= 0.3 is 0 Å². The van der Waals surface area contributed by atoms with Crippen molar-refractivity contribution in [2.24, 2.45) is 17.3 Å². The van der Waals surface area contributed by atoms with E-state index in [1.165, 1.54) is 4.90 Å². The third kappa shape index (κ3) is 4.21. The fourth-order valence-corrected chi connectivity index (χ4v) is 7.78. The number of hydrogen-bond acceptors (Lipinski definition) is 5. The number of imide groups is 1. The third-order valence-electron chi connectivity index (χ3n) is 7.58. The van der Waals surface area contributed by atoms with Gasteiger partial charge in [0.2, 0.25) is 11.8 Å². The molecule has 4 amide bonds. The Morgan fingerprint density at radius 3 is 2.48 bits per heavy atom. The number of carbonyl (C=O) groups is 4. The second-order valence-electron chi connectivity index (χ2n) is 10.2. The molecule has 4 aliphatic carbocycles. The van der Waals surface area contributed by atoms with Crippen molar-refractivity contribution in [2.75, 3.05) is 13.1 Å². The summed E-state index contributed by atoms with van der Waals surface area (Å²) in [6.07, 6.45) is 7.18. The Labute approximate surface area is 197 Å². The van der Waals surface area contributed by atoms with Gasteiger partial charge in [0.25, 0.3) is 11.1 Å². The normalized spacial score (nSPS) is 33.6. The van der Waals surface area contributed by atoms with Crippen LogP contribution in [-0.4, -0.2) is 46.5 Å². The van der Waals surface area contributed by atoms with Gasteiger partial charge in [-0.1, -0.05) is 30.3 Å². The minimum Gasteiger partial charge on any atom is -0.354 e. The number of benzene rings is 1. The molecule has 1 aromatic carbocycles. The topological polar surface area (TPSA) is 95.6 Å². The number of thioether (sulfide) groups is 1. The second kappa shape index (κ2) is 8.31. The van der Waals surface area contributed by atoms with Crippen molar-refractivity contribution in [1.82, 2.24) is 15.5 Å². The molecule has 2 atom stereocenters. The van der Waals surface area contributed by atoms with Gasteiger partial charge in [-0.2, -0.15) is 0 Å². The van der Waals surface area contributed by atoms with Gasteiger partial charge < -0.3 is 10.6 Å². The SMILES string of the molecule is CC(=O)NC12C[C@@H]3C[C@@H](C1)CC(C(=O)NCCN1C(=O)S/C(=C\c4ccccc4)C1=O)(C3)C2. The minimum atomic E-state index is -0.460. The van der Waals surface area contributed by atoms with E-state index in [0.717, 1.165) is 49.4 Å².